The SMILES string of the molecule is CCCOc1ccc(-c2csc(NC(=O)CN3C(=O)C4CCC(C)(C3=O)C4(C)C)n2)cc1. The van der Waals surface area contributed by atoms with E-state index >= 15 is 0 Å². The summed E-state index contributed by atoms with van der Waals surface area (Å²) in [4.78, 5) is 44.3. The minimum Gasteiger partial charge on any atom is -0.494 e. The molecule has 0 radical (unpaired) electrons. The second-order valence-electron chi connectivity index (χ2n) is 9.33. The van der Waals surface area contributed by atoms with Gasteiger partial charge in [-0.3, -0.25) is 19.3 Å². The summed E-state index contributed by atoms with van der Waals surface area (Å²) in [6, 6.07) is 7.64. The number of hydrogen-bond donors (Lipinski definition) is 1. The van der Waals surface area contributed by atoms with Crippen molar-refractivity contribution in [1.82, 2.24) is 9.88 Å². The first-order chi connectivity index (χ1) is 15.2. The standard InChI is InChI=1S/C24H29N3O4S/c1-5-12-31-16-8-6-15(7-9-16)18-14-32-22(25-18)26-19(28)13-27-20(29)17-10-11-24(4,21(27)30)23(17,2)3/h6-9,14,17H,5,10-13H2,1-4H3,(H,25,26,28). The van der Waals surface area contributed by atoms with Crippen molar-refractivity contribution in [3.8, 4) is 17.0 Å². The van der Waals surface area contributed by atoms with Crippen molar-refractivity contribution in [3.63, 3.8) is 0 Å². The molecule has 7 nitrogen and oxygen atoms in total. The number of anilines is 1. The van der Waals surface area contributed by atoms with Crippen LogP contribution in [-0.4, -0.2) is 40.8 Å². The summed E-state index contributed by atoms with van der Waals surface area (Å²) >= 11 is 1.30. The second kappa shape index (κ2) is 8.31. The maximum atomic E-state index is 13.1. The first kappa shape index (κ1) is 22.5. The van der Waals surface area contributed by atoms with Crippen molar-refractivity contribution in [2.24, 2.45) is 16.7 Å². The fourth-order valence-electron chi connectivity index (χ4n) is 4.76. The Morgan fingerprint density at radius 1 is 1.25 bits per heavy atom. The van der Waals surface area contributed by atoms with Crippen LogP contribution >= 0.6 is 11.3 Å². The third-order valence-electron chi connectivity index (χ3n) is 7.18. The van der Waals surface area contributed by atoms with Gasteiger partial charge in [0.05, 0.1) is 17.7 Å². The summed E-state index contributed by atoms with van der Waals surface area (Å²) < 4.78 is 5.60. The molecule has 4 rings (SSSR count). The summed E-state index contributed by atoms with van der Waals surface area (Å²) in [5.74, 6) is -0.328. The maximum Gasteiger partial charge on any atom is 0.246 e. The van der Waals surface area contributed by atoms with Crippen molar-refractivity contribution in [1.29, 1.82) is 0 Å². The van der Waals surface area contributed by atoms with Crippen molar-refractivity contribution in [2.75, 3.05) is 18.5 Å². The van der Waals surface area contributed by atoms with Gasteiger partial charge in [-0.2, -0.15) is 0 Å². The van der Waals surface area contributed by atoms with E-state index in [4.69, 9.17) is 4.74 Å². The molecular formula is C24H29N3O4S. The van der Waals surface area contributed by atoms with Crippen LogP contribution in [0.1, 0.15) is 47.0 Å². The first-order valence-corrected chi connectivity index (χ1v) is 11.9. The summed E-state index contributed by atoms with van der Waals surface area (Å²) in [6.45, 7) is 8.33. The number of aromatic nitrogens is 1. The van der Waals surface area contributed by atoms with Crippen LogP contribution in [0.3, 0.4) is 0 Å². The summed E-state index contributed by atoms with van der Waals surface area (Å²) in [7, 11) is 0. The van der Waals surface area contributed by atoms with Crippen LogP contribution in [0.15, 0.2) is 29.6 Å². The number of nitrogens with one attached hydrogen (secondary N) is 1. The number of hydrogen-bond acceptors (Lipinski definition) is 6. The fraction of sp³-hybridized carbons (Fsp3) is 0.500. The monoisotopic (exact) mass is 455 g/mol. The number of nitrogens with zero attached hydrogens (tertiary/aromatic N) is 2. The molecule has 2 aliphatic rings. The van der Waals surface area contributed by atoms with E-state index < -0.39 is 16.7 Å². The van der Waals surface area contributed by atoms with Gasteiger partial charge in [0, 0.05) is 16.9 Å². The molecule has 3 amide bonds. The number of rotatable bonds is 7. The molecule has 1 aromatic carbocycles. The van der Waals surface area contributed by atoms with E-state index in [1.54, 1.807) is 0 Å². The highest BCUT2D eigenvalue weighted by molar-refractivity contribution is 7.14. The maximum absolute atomic E-state index is 13.1. The summed E-state index contributed by atoms with van der Waals surface area (Å²) in [6.07, 6.45) is 2.30. The molecule has 1 aliphatic carbocycles. The van der Waals surface area contributed by atoms with Crippen molar-refractivity contribution < 1.29 is 19.1 Å². The Balaban J connectivity index is 1.41. The van der Waals surface area contributed by atoms with Gasteiger partial charge in [0.1, 0.15) is 12.3 Å². The van der Waals surface area contributed by atoms with Gasteiger partial charge in [-0.1, -0.05) is 27.7 Å². The second-order valence-corrected chi connectivity index (χ2v) is 10.2. The van der Waals surface area contributed by atoms with E-state index in [1.165, 1.54) is 11.3 Å². The van der Waals surface area contributed by atoms with Gasteiger partial charge in [-0.15, -0.1) is 11.3 Å². The molecule has 1 N–H and O–H groups in total. The number of piperidine rings is 1. The van der Waals surface area contributed by atoms with Crippen LogP contribution in [0.5, 0.6) is 5.75 Å². The molecule has 8 heteroatoms. The van der Waals surface area contributed by atoms with E-state index in [1.807, 2.05) is 50.4 Å². The molecular weight excluding hydrogens is 426 g/mol. The quantitative estimate of drug-likeness (QED) is 0.627. The number of amides is 3. The molecule has 1 aliphatic heterocycles. The van der Waals surface area contributed by atoms with Crippen molar-refractivity contribution in [2.45, 2.75) is 47.0 Å². The van der Waals surface area contributed by atoms with Crippen LogP contribution in [-0.2, 0) is 14.4 Å². The normalized spacial score (nSPS) is 24.0. The Hall–Kier alpha value is -2.74. The van der Waals surface area contributed by atoms with Crippen LogP contribution in [0, 0.1) is 16.7 Å². The lowest BCUT2D eigenvalue weighted by Gasteiger charge is -2.47. The van der Waals surface area contributed by atoms with E-state index in [0.29, 0.717) is 24.6 Å². The molecule has 2 fully saturated rings. The topological polar surface area (TPSA) is 88.6 Å². The number of benzene rings is 1. The summed E-state index contributed by atoms with van der Waals surface area (Å²) in [5.41, 5.74) is 0.645. The molecule has 32 heavy (non-hydrogen) atoms. The Morgan fingerprint density at radius 3 is 2.66 bits per heavy atom. The number of likely N-dealkylation sites (tertiary alicyclic amines) is 1. The van der Waals surface area contributed by atoms with Gasteiger partial charge in [0.25, 0.3) is 0 Å². The van der Waals surface area contributed by atoms with E-state index in [-0.39, 0.29) is 24.3 Å². The van der Waals surface area contributed by atoms with Gasteiger partial charge in [0.15, 0.2) is 5.13 Å². The zero-order valence-corrected chi connectivity index (χ0v) is 19.8. The molecule has 1 saturated heterocycles. The van der Waals surface area contributed by atoms with Gasteiger partial charge in [0.2, 0.25) is 17.7 Å². The highest BCUT2D eigenvalue weighted by atomic mass is 32.1. The van der Waals surface area contributed by atoms with E-state index in [0.717, 1.165) is 28.3 Å². The van der Waals surface area contributed by atoms with Crippen LogP contribution < -0.4 is 10.1 Å². The molecule has 2 aromatic rings. The lowest BCUT2D eigenvalue weighted by atomic mass is 9.62. The number of carbonyl (C=O) groups is 3. The predicted octanol–water partition coefficient (Wildman–Crippen LogP) is 4.35. The molecule has 2 bridgehead atoms. The van der Waals surface area contributed by atoms with E-state index in [9.17, 15) is 14.4 Å². The van der Waals surface area contributed by atoms with Gasteiger partial charge < -0.3 is 10.1 Å². The average Bonchev–Trinajstić information content (AvgIpc) is 3.29. The highest BCUT2D eigenvalue weighted by Gasteiger charge is 2.64. The molecule has 1 aromatic heterocycles. The smallest absolute Gasteiger partial charge is 0.246 e. The average molecular weight is 456 g/mol. The van der Waals surface area contributed by atoms with Crippen molar-refractivity contribution >= 4 is 34.2 Å². The Bertz CT molecular complexity index is 1050. The zero-order chi connectivity index (χ0) is 23.1. The highest BCUT2D eigenvalue weighted by Crippen LogP contribution is 2.59. The number of fused-ring (bicyclic) bond motifs is 2. The zero-order valence-electron chi connectivity index (χ0n) is 18.9. The molecule has 0 spiro atoms. The first-order valence-electron chi connectivity index (χ1n) is 11.0. The van der Waals surface area contributed by atoms with Gasteiger partial charge in [-0.05, 0) is 48.9 Å². The van der Waals surface area contributed by atoms with Gasteiger partial charge in [-0.25, -0.2) is 4.98 Å². The third-order valence-corrected chi connectivity index (χ3v) is 7.94. The summed E-state index contributed by atoms with van der Waals surface area (Å²) in [5, 5.41) is 5.03. The Labute approximate surface area is 192 Å². The minimum absolute atomic E-state index is 0.228. The number of thiazole rings is 1. The van der Waals surface area contributed by atoms with E-state index in [2.05, 4.69) is 17.2 Å². The van der Waals surface area contributed by atoms with Crippen LogP contribution in [0.4, 0.5) is 5.13 Å². The Morgan fingerprint density at radius 2 is 1.97 bits per heavy atom. The number of ether oxygens (including phenoxy) is 1. The fourth-order valence-corrected chi connectivity index (χ4v) is 5.49. The molecule has 2 heterocycles. The minimum atomic E-state index is -0.618. The molecule has 2 atom stereocenters. The van der Waals surface area contributed by atoms with Crippen molar-refractivity contribution in [3.05, 3.63) is 29.6 Å². The van der Waals surface area contributed by atoms with Gasteiger partial charge >= 0.3 is 0 Å². The molecule has 2 unspecified atom stereocenters. The predicted molar refractivity (Wildman–Crippen MR) is 123 cm³/mol. The Kier molecular flexibility index (Phi) is 5.83. The lowest BCUT2D eigenvalue weighted by molar-refractivity contribution is -0.168. The van der Waals surface area contributed by atoms with Crippen LogP contribution in [0.2, 0.25) is 0 Å². The molecule has 170 valence electrons. The molecule has 1 saturated carbocycles. The number of imide groups is 1. The third kappa shape index (κ3) is 3.70. The number of carbonyl (C=O) groups excluding carboxylic acids is 3. The van der Waals surface area contributed by atoms with Crippen LogP contribution in [0.25, 0.3) is 11.3 Å². The lowest BCUT2D eigenvalue weighted by Crippen LogP contribution is -2.60. The largest absolute Gasteiger partial charge is 0.494 e.